The van der Waals surface area contributed by atoms with Crippen LogP contribution in [0.4, 0.5) is 0 Å². The van der Waals surface area contributed by atoms with Crippen LogP contribution < -0.4 is 0 Å². The van der Waals surface area contributed by atoms with Crippen LogP contribution in [0.25, 0.3) is 0 Å². The molecule has 0 saturated heterocycles. The fourth-order valence-electron chi connectivity index (χ4n) is 3.04. The molecule has 0 spiro atoms. The average molecular weight is 353 g/mol. The van der Waals surface area contributed by atoms with Crippen LogP contribution in [0.3, 0.4) is 0 Å². The molecule has 0 aliphatic carbocycles. The van der Waals surface area contributed by atoms with Gasteiger partial charge in [0.1, 0.15) is 5.76 Å². The van der Waals surface area contributed by atoms with E-state index in [0.717, 1.165) is 12.2 Å². The lowest BCUT2D eigenvalue weighted by molar-refractivity contribution is -0.131. The quantitative estimate of drug-likeness (QED) is 0.550. The molecule has 0 unspecified atom stereocenters. The summed E-state index contributed by atoms with van der Waals surface area (Å²) in [5.74, 6) is 1.30. The van der Waals surface area contributed by atoms with E-state index in [1.165, 1.54) is 10.4 Å². The molecule has 0 aliphatic rings. The number of hydrogen-bond acceptors (Lipinski definition) is 3. The fraction of sp³-hybridized carbons (Fsp3) is 0.286. The first-order valence-corrected chi connectivity index (χ1v) is 9.54. The second-order valence-corrected chi connectivity index (χ2v) is 7.05. The maximum absolute atomic E-state index is 12.4. The van der Waals surface area contributed by atoms with Crippen molar-refractivity contribution in [1.82, 2.24) is 4.90 Å². The molecule has 0 N–H and O–H groups in total. The topological polar surface area (TPSA) is 33.5 Å². The lowest BCUT2D eigenvalue weighted by atomic mass is 9.93. The first-order chi connectivity index (χ1) is 12.3. The van der Waals surface area contributed by atoms with Crippen molar-refractivity contribution >= 4 is 17.2 Å². The van der Waals surface area contributed by atoms with E-state index in [1.807, 2.05) is 48.2 Å². The molecule has 3 aromatic rings. The molecule has 4 heteroatoms. The molecule has 1 aromatic carbocycles. The molecular formula is C21H23NO2S. The molecule has 2 heterocycles. The van der Waals surface area contributed by atoms with Crippen molar-refractivity contribution in [3.63, 3.8) is 0 Å². The second-order valence-electron chi connectivity index (χ2n) is 6.02. The molecular weight excluding hydrogens is 330 g/mol. The first kappa shape index (κ1) is 17.5. The van der Waals surface area contributed by atoms with Gasteiger partial charge in [0.05, 0.1) is 12.8 Å². The molecule has 3 nitrogen and oxygen atoms in total. The van der Waals surface area contributed by atoms with E-state index in [1.54, 1.807) is 17.6 Å². The molecule has 1 atom stereocenters. The van der Waals surface area contributed by atoms with Crippen LogP contribution >= 0.6 is 11.3 Å². The average Bonchev–Trinajstić information content (AvgIpc) is 3.35. The zero-order chi connectivity index (χ0) is 17.5. The van der Waals surface area contributed by atoms with E-state index in [0.29, 0.717) is 19.5 Å². The van der Waals surface area contributed by atoms with E-state index >= 15 is 0 Å². The van der Waals surface area contributed by atoms with Gasteiger partial charge in [-0.2, -0.15) is 0 Å². The number of hydrogen-bond donors (Lipinski definition) is 0. The van der Waals surface area contributed by atoms with Crippen molar-refractivity contribution in [2.24, 2.45) is 0 Å². The Labute approximate surface area is 152 Å². The number of furan rings is 1. The van der Waals surface area contributed by atoms with Crippen LogP contribution in [0, 0.1) is 0 Å². The van der Waals surface area contributed by atoms with E-state index in [-0.39, 0.29) is 11.8 Å². The zero-order valence-electron chi connectivity index (χ0n) is 14.4. The molecule has 0 saturated carbocycles. The van der Waals surface area contributed by atoms with Crippen LogP contribution in [-0.2, 0) is 11.3 Å². The van der Waals surface area contributed by atoms with Crippen LogP contribution in [0.5, 0.6) is 0 Å². The van der Waals surface area contributed by atoms with Crippen molar-refractivity contribution in [3.8, 4) is 0 Å². The lowest BCUT2D eigenvalue weighted by Crippen LogP contribution is -2.31. The van der Waals surface area contributed by atoms with Crippen molar-refractivity contribution < 1.29 is 9.21 Å². The maximum atomic E-state index is 12.4. The number of carbonyl (C=O) groups excluding carboxylic acids is 1. The van der Waals surface area contributed by atoms with E-state index < -0.39 is 0 Å². The Morgan fingerprint density at radius 3 is 2.60 bits per heavy atom. The lowest BCUT2D eigenvalue weighted by Gasteiger charge is -2.24. The second kappa shape index (κ2) is 8.67. The van der Waals surface area contributed by atoms with E-state index in [9.17, 15) is 4.79 Å². The summed E-state index contributed by atoms with van der Waals surface area (Å²) in [5, 5.41) is 2.06. The summed E-state index contributed by atoms with van der Waals surface area (Å²) in [7, 11) is 0. The Bertz CT molecular complexity index is 751. The van der Waals surface area contributed by atoms with E-state index in [4.69, 9.17) is 4.42 Å². The highest BCUT2D eigenvalue weighted by molar-refractivity contribution is 7.09. The van der Waals surface area contributed by atoms with Gasteiger partial charge in [-0.05, 0) is 35.6 Å². The van der Waals surface area contributed by atoms with Gasteiger partial charge in [0.25, 0.3) is 0 Å². The van der Waals surface area contributed by atoms with Crippen molar-refractivity contribution in [1.29, 1.82) is 0 Å². The minimum atomic E-state index is 0.159. The molecule has 2 aromatic heterocycles. The molecule has 3 rings (SSSR count). The molecule has 0 radical (unpaired) electrons. The minimum Gasteiger partial charge on any atom is -0.469 e. The number of nitrogens with zero attached hydrogens (tertiary/aromatic N) is 1. The Morgan fingerprint density at radius 1 is 1.12 bits per heavy atom. The third kappa shape index (κ3) is 4.60. The highest BCUT2D eigenvalue weighted by atomic mass is 32.1. The van der Waals surface area contributed by atoms with Gasteiger partial charge < -0.3 is 9.32 Å². The van der Waals surface area contributed by atoms with Crippen LogP contribution in [0.15, 0.2) is 70.7 Å². The summed E-state index contributed by atoms with van der Waals surface area (Å²) in [5.41, 5.74) is 1.22. The van der Waals surface area contributed by atoms with Gasteiger partial charge >= 0.3 is 0 Å². The van der Waals surface area contributed by atoms with Gasteiger partial charge in [-0.25, -0.2) is 0 Å². The van der Waals surface area contributed by atoms with Crippen molar-refractivity contribution in [2.75, 3.05) is 6.54 Å². The van der Waals surface area contributed by atoms with Gasteiger partial charge in [0.15, 0.2) is 0 Å². The van der Waals surface area contributed by atoms with Crippen LogP contribution in [-0.4, -0.2) is 17.4 Å². The Kier molecular flexibility index (Phi) is 6.07. The van der Waals surface area contributed by atoms with Gasteiger partial charge in [-0.1, -0.05) is 43.3 Å². The molecule has 0 aliphatic heterocycles. The fourth-order valence-corrected chi connectivity index (χ4v) is 3.76. The summed E-state index contributed by atoms with van der Waals surface area (Å²) in [6.07, 6.45) is 3.09. The van der Waals surface area contributed by atoms with Crippen LogP contribution in [0.1, 0.15) is 41.9 Å². The predicted octanol–water partition coefficient (Wildman–Crippen LogP) is 5.30. The summed E-state index contributed by atoms with van der Waals surface area (Å²) in [6.45, 7) is 3.32. The highest BCUT2D eigenvalue weighted by Crippen LogP contribution is 2.29. The number of amides is 1. The van der Waals surface area contributed by atoms with Crippen molar-refractivity contribution in [3.05, 3.63) is 82.4 Å². The Balaban J connectivity index is 1.75. The molecule has 25 heavy (non-hydrogen) atoms. The third-order valence-electron chi connectivity index (χ3n) is 4.36. The van der Waals surface area contributed by atoms with Gasteiger partial charge in [0.2, 0.25) is 5.91 Å². The normalized spacial score (nSPS) is 12.0. The van der Waals surface area contributed by atoms with Gasteiger partial charge in [-0.15, -0.1) is 11.3 Å². The molecule has 0 bridgehead atoms. The highest BCUT2D eigenvalue weighted by Gasteiger charge is 2.20. The molecule has 130 valence electrons. The third-order valence-corrected chi connectivity index (χ3v) is 5.22. The molecule has 1 amide bonds. The van der Waals surface area contributed by atoms with Gasteiger partial charge in [-0.3, -0.25) is 4.79 Å². The zero-order valence-corrected chi connectivity index (χ0v) is 15.2. The van der Waals surface area contributed by atoms with E-state index in [2.05, 4.69) is 23.6 Å². The minimum absolute atomic E-state index is 0.159. The first-order valence-electron chi connectivity index (χ1n) is 8.66. The monoisotopic (exact) mass is 353 g/mol. The Morgan fingerprint density at radius 2 is 1.96 bits per heavy atom. The maximum Gasteiger partial charge on any atom is 0.222 e. The van der Waals surface area contributed by atoms with Crippen LogP contribution in [0.2, 0.25) is 0 Å². The molecule has 0 fully saturated rings. The largest absolute Gasteiger partial charge is 0.469 e. The summed E-state index contributed by atoms with van der Waals surface area (Å²) < 4.78 is 5.67. The SMILES string of the molecule is CCC(=O)N(CC[C@H](c1ccccc1)c1ccco1)Cc1cccs1. The van der Waals surface area contributed by atoms with Gasteiger partial charge in [0, 0.05) is 23.8 Å². The predicted molar refractivity (Wildman–Crippen MR) is 102 cm³/mol. The number of benzene rings is 1. The summed E-state index contributed by atoms with van der Waals surface area (Å²) in [4.78, 5) is 15.6. The number of rotatable bonds is 8. The number of thiophene rings is 1. The standard InChI is InChI=1S/C21H23NO2S/c1-2-21(23)22(16-18-10-7-15-25-18)13-12-19(20-11-6-14-24-20)17-8-4-3-5-9-17/h3-11,14-15,19H,2,12-13,16H2,1H3/t19-/m1/s1. The van der Waals surface area contributed by atoms with Crippen molar-refractivity contribution in [2.45, 2.75) is 32.2 Å². The summed E-state index contributed by atoms with van der Waals surface area (Å²) in [6, 6.07) is 18.4. The Hall–Kier alpha value is -2.33. The number of carbonyl (C=O) groups is 1. The summed E-state index contributed by atoms with van der Waals surface area (Å²) >= 11 is 1.70. The smallest absolute Gasteiger partial charge is 0.222 e.